The van der Waals surface area contributed by atoms with Gasteiger partial charge in [0.1, 0.15) is 5.75 Å². The normalized spacial score (nSPS) is 16.7. The van der Waals surface area contributed by atoms with Crippen molar-refractivity contribution < 1.29 is 9.53 Å². The van der Waals surface area contributed by atoms with Crippen LogP contribution in [-0.4, -0.2) is 39.1 Å². The fourth-order valence-electron chi connectivity index (χ4n) is 5.39. The second-order valence-corrected chi connectivity index (χ2v) is 10.2. The summed E-state index contributed by atoms with van der Waals surface area (Å²) in [6.45, 7) is 6.71. The number of nitrogens with one attached hydrogen (secondary N) is 2. The Bertz CT molecular complexity index is 1500. The first-order valence-electron chi connectivity index (χ1n) is 13.0. The van der Waals surface area contributed by atoms with Crippen LogP contribution in [0.15, 0.2) is 79.0 Å². The predicted octanol–water partition coefficient (Wildman–Crippen LogP) is 5.81. The Morgan fingerprint density at radius 3 is 2.62 bits per heavy atom. The number of rotatable bonds is 8. The van der Waals surface area contributed by atoms with E-state index in [1.165, 1.54) is 0 Å². The van der Waals surface area contributed by atoms with E-state index in [0.717, 1.165) is 45.3 Å². The molecule has 7 nitrogen and oxygen atoms in total. The lowest BCUT2D eigenvalue weighted by Gasteiger charge is -2.28. The average molecular weight is 540 g/mol. The van der Waals surface area contributed by atoms with Gasteiger partial charge in [-0.3, -0.25) is 9.78 Å². The number of benzene rings is 2. The van der Waals surface area contributed by atoms with Crippen LogP contribution in [0.3, 0.4) is 0 Å². The van der Waals surface area contributed by atoms with Crippen LogP contribution in [0.2, 0.25) is 0 Å². The molecule has 2 aromatic heterocycles. The van der Waals surface area contributed by atoms with Gasteiger partial charge < -0.3 is 24.8 Å². The monoisotopic (exact) mass is 539 g/mol. The highest BCUT2D eigenvalue weighted by molar-refractivity contribution is 7.80. The van der Waals surface area contributed by atoms with Crippen LogP contribution >= 0.6 is 12.2 Å². The van der Waals surface area contributed by atoms with Crippen LogP contribution in [0, 0.1) is 20.8 Å². The van der Waals surface area contributed by atoms with Crippen molar-refractivity contribution in [1.29, 1.82) is 0 Å². The molecule has 0 saturated carbocycles. The third-order valence-electron chi connectivity index (χ3n) is 7.18. The molecule has 1 saturated heterocycles. The molecule has 2 N–H and O–H groups in total. The number of ether oxygens (including phenoxy) is 1. The summed E-state index contributed by atoms with van der Waals surface area (Å²) >= 11 is 5.83. The molecule has 0 spiro atoms. The fraction of sp³-hybridized carbons (Fsp3) is 0.258. The van der Waals surface area contributed by atoms with Gasteiger partial charge in [0, 0.05) is 48.0 Å². The molecule has 200 valence electrons. The van der Waals surface area contributed by atoms with Crippen LogP contribution in [0.1, 0.15) is 46.7 Å². The molecule has 2 atom stereocenters. The van der Waals surface area contributed by atoms with Crippen LogP contribution in [0.5, 0.6) is 5.75 Å². The Kier molecular flexibility index (Phi) is 7.65. The lowest BCUT2D eigenvalue weighted by atomic mass is 9.96. The lowest BCUT2D eigenvalue weighted by Crippen LogP contribution is -2.32. The Morgan fingerprint density at radius 2 is 1.87 bits per heavy atom. The van der Waals surface area contributed by atoms with Gasteiger partial charge in [-0.1, -0.05) is 24.3 Å². The van der Waals surface area contributed by atoms with Crippen LogP contribution in [0.25, 0.3) is 5.69 Å². The maximum atomic E-state index is 12.9. The minimum Gasteiger partial charge on any atom is -0.497 e. The van der Waals surface area contributed by atoms with Gasteiger partial charge in [-0.2, -0.15) is 0 Å². The molecular weight excluding hydrogens is 506 g/mol. The second-order valence-electron chi connectivity index (χ2n) is 9.85. The highest BCUT2D eigenvalue weighted by Gasteiger charge is 2.41. The third-order valence-corrected chi connectivity index (χ3v) is 7.53. The van der Waals surface area contributed by atoms with E-state index >= 15 is 0 Å². The Balaban J connectivity index is 1.47. The van der Waals surface area contributed by atoms with Crippen molar-refractivity contribution in [2.75, 3.05) is 19.0 Å². The molecule has 0 radical (unpaired) electrons. The SMILES string of the molecule is COc1cccc(-n2c(C)cc([C@H]3[C@H](c4ccccn4)NC(=S)N3CCC(=O)Nc3cccc(C)c3)c2C)c1. The van der Waals surface area contributed by atoms with Gasteiger partial charge in [0.05, 0.1) is 24.9 Å². The van der Waals surface area contributed by atoms with Crippen molar-refractivity contribution in [1.82, 2.24) is 19.8 Å². The van der Waals surface area contributed by atoms with Gasteiger partial charge in [-0.05, 0) is 86.6 Å². The van der Waals surface area contributed by atoms with Gasteiger partial charge in [0.25, 0.3) is 0 Å². The summed E-state index contributed by atoms with van der Waals surface area (Å²) < 4.78 is 7.71. The van der Waals surface area contributed by atoms with Crippen molar-refractivity contribution in [3.63, 3.8) is 0 Å². The van der Waals surface area contributed by atoms with E-state index in [0.29, 0.717) is 18.1 Å². The van der Waals surface area contributed by atoms with Gasteiger partial charge in [0.2, 0.25) is 5.91 Å². The summed E-state index contributed by atoms with van der Waals surface area (Å²) in [7, 11) is 1.68. The first-order chi connectivity index (χ1) is 18.9. The second kappa shape index (κ2) is 11.3. The van der Waals surface area contributed by atoms with Gasteiger partial charge in [0.15, 0.2) is 5.11 Å². The molecule has 0 bridgehead atoms. The highest BCUT2D eigenvalue weighted by Crippen LogP contribution is 2.41. The van der Waals surface area contributed by atoms with E-state index in [4.69, 9.17) is 17.0 Å². The van der Waals surface area contributed by atoms with E-state index < -0.39 is 0 Å². The number of amides is 1. The lowest BCUT2D eigenvalue weighted by molar-refractivity contribution is -0.116. The summed E-state index contributed by atoms with van der Waals surface area (Å²) in [5.41, 5.74) is 7.18. The summed E-state index contributed by atoms with van der Waals surface area (Å²) in [5, 5.41) is 7.13. The third kappa shape index (κ3) is 5.52. The number of aryl methyl sites for hydroxylation is 2. The Morgan fingerprint density at radius 1 is 1.05 bits per heavy atom. The number of hydrogen-bond acceptors (Lipinski definition) is 4. The zero-order chi connectivity index (χ0) is 27.5. The first kappa shape index (κ1) is 26.4. The van der Waals surface area contributed by atoms with Gasteiger partial charge >= 0.3 is 0 Å². The number of carbonyl (C=O) groups excluding carboxylic acids is 1. The van der Waals surface area contributed by atoms with Crippen molar-refractivity contribution in [2.45, 2.75) is 39.3 Å². The quantitative estimate of drug-likeness (QED) is 0.276. The smallest absolute Gasteiger partial charge is 0.226 e. The summed E-state index contributed by atoms with van der Waals surface area (Å²) in [6, 6.07) is 23.7. The number of pyridine rings is 1. The molecule has 0 unspecified atom stereocenters. The molecule has 1 fully saturated rings. The number of hydrogen-bond donors (Lipinski definition) is 2. The molecule has 3 heterocycles. The summed E-state index contributed by atoms with van der Waals surface area (Å²) in [6.07, 6.45) is 2.10. The molecule has 0 aliphatic carbocycles. The zero-order valence-corrected chi connectivity index (χ0v) is 23.5. The molecule has 39 heavy (non-hydrogen) atoms. The first-order valence-corrected chi connectivity index (χ1v) is 13.4. The number of nitrogens with zero attached hydrogens (tertiary/aromatic N) is 3. The average Bonchev–Trinajstić information content (AvgIpc) is 3.42. The molecule has 1 aliphatic rings. The molecule has 5 rings (SSSR count). The van der Waals surface area contributed by atoms with E-state index in [9.17, 15) is 4.79 Å². The Labute approximate surface area is 234 Å². The van der Waals surface area contributed by atoms with E-state index in [1.54, 1.807) is 13.3 Å². The maximum absolute atomic E-state index is 12.9. The van der Waals surface area contributed by atoms with Crippen LogP contribution in [-0.2, 0) is 4.79 Å². The van der Waals surface area contributed by atoms with Crippen LogP contribution < -0.4 is 15.4 Å². The van der Waals surface area contributed by atoms with E-state index in [1.807, 2.05) is 67.6 Å². The Hall–Kier alpha value is -4.17. The topological polar surface area (TPSA) is 71.4 Å². The highest BCUT2D eigenvalue weighted by atomic mass is 32.1. The molecular formula is C31H33N5O2S. The van der Waals surface area contributed by atoms with E-state index in [-0.39, 0.29) is 18.0 Å². The number of carbonyl (C=O) groups is 1. The maximum Gasteiger partial charge on any atom is 0.226 e. The van der Waals surface area contributed by atoms with Crippen LogP contribution in [0.4, 0.5) is 5.69 Å². The number of anilines is 1. The molecule has 1 aliphatic heterocycles. The number of methoxy groups -OCH3 is 1. The van der Waals surface area contributed by atoms with Gasteiger partial charge in [-0.25, -0.2) is 0 Å². The standard InChI is InChI=1S/C31H33N5O2S/c1-20-9-7-10-23(17-20)33-28(37)14-16-35-30(29(34-31(35)39)27-13-5-6-15-32-27)26-18-21(2)36(22(26)3)24-11-8-12-25(19-24)38-4/h5-13,15,17-19,29-30H,14,16H2,1-4H3,(H,33,37)(H,34,39)/t29-,30-/m0/s1. The van der Waals surface area contributed by atoms with Crippen molar-refractivity contribution >= 4 is 28.9 Å². The van der Waals surface area contributed by atoms with Crippen molar-refractivity contribution in [3.05, 3.63) is 107 Å². The molecule has 1 amide bonds. The van der Waals surface area contributed by atoms with Crippen molar-refractivity contribution in [3.8, 4) is 11.4 Å². The van der Waals surface area contributed by atoms with Gasteiger partial charge in [-0.15, -0.1) is 0 Å². The minimum absolute atomic E-state index is 0.0507. The number of thiocarbonyl (C=S) groups is 1. The molecule has 2 aromatic carbocycles. The molecule has 8 heteroatoms. The fourth-order valence-corrected chi connectivity index (χ4v) is 5.72. The largest absolute Gasteiger partial charge is 0.497 e. The minimum atomic E-state index is -0.155. The number of aromatic nitrogens is 2. The summed E-state index contributed by atoms with van der Waals surface area (Å²) in [5.74, 6) is 0.753. The van der Waals surface area contributed by atoms with Crippen molar-refractivity contribution in [2.24, 2.45) is 0 Å². The zero-order valence-electron chi connectivity index (χ0n) is 22.6. The van der Waals surface area contributed by atoms with E-state index in [2.05, 4.69) is 51.1 Å². The predicted molar refractivity (Wildman–Crippen MR) is 158 cm³/mol. The molecule has 4 aromatic rings. The summed E-state index contributed by atoms with van der Waals surface area (Å²) in [4.78, 5) is 19.7.